The fourth-order valence-electron chi connectivity index (χ4n) is 8.97. The number of amides is 4. The van der Waals surface area contributed by atoms with E-state index >= 15 is 0 Å². The maximum absolute atomic E-state index is 12.9. The van der Waals surface area contributed by atoms with Gasteiger partial charge in [0.25, 0.3) is 0 Å². The Bertz CT molecular complexity index is 2430. The third-order valence-electron chi connectivity index (χ3n) is 12.9. The van der Waals surface area contributed by atoms with E-state index in [0.717, 1.165) is 37.6 Å². The lowest BCUT2D eigenvalue weighted by Crippen LogP contribution is -2.51. The van der Waals surface area contributed by atoms with Crippen molar-refractivity contribution in [1.29, 1.82) is 0 Å². The molecule has 4 N–H and O–H groups in total. The summed E-state index contributed by atoms with van der Waals surface area (Å²) in [7, 11) is 0. The van der Waals surface area contributed by atoms with Crippen molar-refractivity contribution >= 4 is 87.0 Å². The van der Waals surface area contributed by atoms with Crippen molar-refractivity contribution in [3.05, 3.63) is 106 Å². The molecule has 4 aromatic rings. The highest BCUT2D eigenvalue weighted by molar-refractivity contribution is 6.32. The van der Waals surface area contributed by atoms with Crippen LogP contribution in [0.4, 0.5) is 22.7 Å². The smallest absolute Gasteiger partial charge is 0.236 e. The molecular weight excluding hydrogens is 919 g/mol. The predicted molar refractivity (Wildman–Crippen MR) is 263 cm³/mol. The zero-order valence-corrected chi connectivity index (χ0v) is 39.9. The fourth-order valence-corrected chi connectivity index (χ4v) is 9.51. The van der Waals surface area contributed by atoms with Crippen LogP contribution in [0.1, 0.15) is 30.6 Å². The first-order chi connectivity index (χ1) is 32.1. The molecule has 4 saturated heterocycles. The number of hydrogen-bond donors (Lipinski definition) is 4. The number of phenols is 2. The molecule has 0 aliphatic carbocycles. The number of anilines is 4. The zero-order valence-electron chi connectivity index (χ0n) is 37.7. The number of likely N-dealkylation sites (tertiary alicyclic amines) is 2. The van der Waals surface area contributed by atoms with Gasteiger partial charge in [-0.15, -0.1) is 0 Å². The number of carbonyl (C=O) groups is 5. The minimum atomic E-state index is -0.218. The maximum atomic E-state index is 12.9. The topological polar surface area (TPSA) is 169 Å². The van der Waals surface area contributed by atoms with Gasteiger partial charge in [0.1, 0.15) is 11.5 Å². The molecular formula is C49H57Cl3N8O7. The van der Waals surface area contributed by atoms with E-state index in [2.05, 4.69) is 25.3 Å². The van der Waals surface area contributed by atoms with Crippen molar-refractivity contribution in [2.45, 2.75) is 20.3 Å². The van der Waals surface area contributed by atoms with Crippen LogP contribution in [0.25, 0.3) is 0 Å². The number of Topliss-reactive ketones (excluding diaryl/α,β-unsaturated/α-hetero) is 1. The molecule has 0 spiro atoms. The van der Waals surface area contributed by atoms with Crippen LogP contribution in [0.5, 0.6) is 11.5 Å². The minimum absolute atomic E-state index is 0.0259. The van der Waals surface area contributed by atoms with Gasteiger partial charge >= 0.3 is 0 Å². The number of phenolic OH excluding ortho intramolecular Hbond substituents is 2. The zero-order chi connectivity index (χ0) is 47.8. The molecule has 4 amide bonds. The van der Waals surface area contributed by atoms with Gasteiger partial charge in [0.05, 0.1) is 35.0 Å². The van der Waals surface area contributed by atoms with Crippen molar-refractivity contribution in [1.82, 2.24) is 19.6 Å². The molecule has 4 fully saturated rings. The molecule has 4 heterocycles. The van der Waals surface area contributed by atoms with Crippen LogP contribution in [-0.2, 0) is 19.2 Å². The van der Waals surface area contributed by atoms with Crippen LogP contribution in [-0.4, -0.2) is 151 Å². The standard InChI is InChI=1S/C25H29ClN4O4.C24H28Cl2N4O3/c1-17(31)18-2-5-21(6-3-18)29-10-12-30(13-11-29)24(33)16-28-9-8-19(15-28)25(34)27-20-4-7-23(32)22(26)14-20;1-16-13-28(14-20(16)24(33)27-18-5-6-22(31)21(26)12-18)15-23(32)30-9-7-29(8-10-30)19-4-2-3-17(25)11-19/h2-7,14,19,32H,8-13,15-16H2,1H3,(H,27,34);2-6,11-12,16,20,31H,7-10,13-15H2,1H3,(H,27,33)/t19-;16-,20-/m00/s1. The molecule has 0 unspecified atom stereocenters. The van der Waals surface area contributed by atoms with E-state index in [1.807, 2.05) is 70.2 Å². The lowest BCUT2D eigenvalue weighted by Gasteiger charge is -2.36. The Morgan fingerprint density at radius 3 is 1.67 bits per heavy atom. The van der Waals surface area contributed by atoms with Crippen LogP contribution in [0.3, 0.4) is 0 Å². The number of nitrogens with one attached hydrogen (secondary N) is 2. The van der Waals surface area contributed by atoms with Crippen molar-refractivity contribution < 1.29 is 34.2 Å². The molecule has 3 atom stereocenters. The Hall–Kier alpha value is -5.58. The summed E-state index contributed by atoms with van der Waals surface area (Å²) in [5.41, 5.74) is 3.91. The van der Waals surface area contributed by atoms with Crippen molar-refractivity contribution in [2.75, 3.05) is 112 Å². The summed E-state index contributed by atoms with van der Waals surface area (Å²) in [4.78, 5) is 74.9. The Morgan fingerprint density at radius 1 is 0.597 bits per heavy atom. The van der Waals surface area contributed by atoms with Gasteiger partial charge in [-0.05, 0) is 105 Å². The Kier molecular flexibility index (Phi) is 16.5. The largest absolute Gasteiger partial charge is 0.506 e. The van der Waals surface area contributed by atoms with Crippen LogP contribution in [0.2, 0.25) is 15.1 Å². The summed E-state index contributed by atoms with van der Waals surface area (Å²) >= 11 is 17.9. The fraction of sp³-hybridized carbons (Fsp3) is 0.408. The molecule has 18 heteroatoms. The highest BCUT2D eigenvalue weighted by atomic mass is 35.5. The van der Waals surface area contributed by atoms with E-state index in [1.165, 1.54) is 24.3 Å². The number of piperazine rings is 2. The first kappa shape index (κ1) is 49.3. The second kappa shape index (κ2) is 22.5. The van der Waals surface area contributed by atoms with E-state index in [9.17, 15) is 34.2 Å². The predicted octanol–water partition coefficient (Wildman–Crippen LogP) is 6.41. The van der Waals surface area contributed by atoms with E-state index < -0.39 is 0 Å². The van der Waals surface area contributed by atoms with Crippen molar-refractivity contribution in [3.8, 4) is 11.5 Å². The Morgan fingerprint density at radius 2 is 1.13 bits per heavy atom. The normalized spacial score (nSPS) is 20.0. The number of rotatable bonds is 11. The van der Waals surface area contributed by atoms with Crippen LogP contribution < -0.4 is 20.4 Å². The lowest BCUT2D eigenvalue weighted by atomic mass is 9.97. The monoisotopic (exact) mass is 974 g/mol. The quantitative estimate of drug-likeness (QED) is 0.0969. The number of hydrogen-bond acceptors (Lipinski definition) is 11. The third-order valence-corrected chi connectivity index (χ3v) is 13.7. The van der Waals surface area contributed by atoms with Gasteiger partial charge in [-0.1, -0.05) is 47.8 Å². The molecule has 0 bridgehead atoms. The summed E-state index contributed by atoms with van der Waals surface area (Å²) in [5, 5.41) is 25.9. The maximum Gasteiger partial charge on any atom is 0.236 e. The SMILES string of the molecule is CC(=O)c1ccc(N2CCN(C(=O)CN3CC[C@H](C(=O)Nc4ccc(O)c(Cl)c4)C3)CC2)cc1.C[C@H]1CN(CC(=O)N2CCN(c3cccc(Cl)c3)CC2)C[C@@H]1C(=O)Nc1ccc(O)c(Cl)c1. The van der Waals surface area contributed by atoms with Gasteiger partial charge in [0.15, 0.2) is 5.78 Å². The number of halogens is 3. The first-order valence-electron chi connectivity index (χ1n) is 22.6. The molecule has 0 saturated carbocycles. The lowest BCUT2D eigenvalue weighted by molar-refractivity contribution is -0.133. The summed E-state index contributed by atoms with van der Waals surface area (Å²) in [6, 6.07) is 24.5. The number of benzene rings is 4. The van der Waals surface area contributed by atoms with Crippen LogP contribution in [0.15, 0.2) is 84.9 Å². The number of carbonyl (C=O) groups excluding carboxylic acids is 5. The number of aromatic hydroxyl groups is 2. The second-order valence-corrected chi connectivity index (χ2v) is 18.9. The van der Waals surface area contributed by atoms with Gasteiger partial charge < -0.3 is 40.4 Å². The van der Waals surface area contributed by atoms with E-state index in [0.29, 0.717) is 93.8 Å². The average molecular weight is 976 g/mol. The molecule has 8 rings (SSSR count). The molecule has 356 valence electrons. The van der Waals surface area contributed by atoms with E-state index in [1.54, 1.807) is 19.1 Å². The van der Waals surface area contributed by atoms with Crippen molar-refractivity contribution in [2.24, 2.45) is 17.8 Å². The summed E-state index contributed by atoms with van der Waals surface area (Å²) in [6.45, 7) is 12.3. The summed E-state index contributed by atoms with van der Waals surface area (Å²) < 4.78 is 0. The first-order valence-corrected chi connectivity index (χ1v) is 23.7. The van der Waals surface area contributed by atoms with Gasteiger partial charge in [-0.3, -0.25) is 33.8 Å². The number of ketones is 1. The second-order valence-electron chi connectivity index (χ2n) is 17.6. The highest BCUT2D eigenvalue weighted by Crippen LogP contribution is 2.30. The summed E-state index contributed by atoms with van der Waals surface area (Å²) in [5.74, 6) is -0.328. The van der Waals surface area contributed by atoms with Gasteiger partial charge in [0.2, 0.25) is 23.6 Å². The molecule has 0 radical (unpaired) electrons. The molecule has 4 aromatic carbocycles. The summed E-state index contributed by atoms with van der Waals surface area (Å²) in [6.07, 6.45) is 0.689. The molecule has 67 heavy (non-hydrogen) atoms. The number of nitrogens with zero attached hydrogens (tertiary/aromatic N) is 6. The van der Waals surface area contributed by atoms with E-state index in [-0.39, 0.29) is 68.7 Å². The van der Waals surface area contributed by atoms with Gasteiger partial charge in [-0.25, -0.2) is 0 Å². The third kappa shape index (κ3) is 13.1. The molecule has 15 nitrogen and oxygen atoms in total. The van der Waals surface area contributed by atoms with Crippen LogP contribution >= 0.6 is 34.8 Å². The Labute approximate surface area is 406 Å². The average Bonchev–Trinajstić information content (AvgIpc) is 3.95. The van der Waals surface area contributed by atoms with Gasteiger partial charge in [-0.2, -0.15) is 0 Å². The molecule has 4 aliphatic rings. The molecule has 4 aliphatic heterocycles. The highest BCUT2D eigenvalue weighted by Gasteiger charge is 2.37. The molecule has 0 aromatic heterocycles. The van der Waals surface area contributed by atoms with E-state index in [4.69, 9.17) is 34.8 Å². The van der Waals surface area contributed by atoms with Crippen LogP contribution in [0, 0.1) is 17.8 Å². The Balaban J connectivity index is 0.000000199. The minimum Gasteiger partial charge on any atom is -0.506 e. The van der Waals surface area contributed by atoms with Crippen molar-refractivity contribution in [3.63, 3.8) is 0 Å². The van der Waals surface area contributed by atoms with Gasteiger partial charge in [0, 0.05) is 105 Å².